The van der Waals surface area contributed by atoms with Crippen molar-refractivity contribution in [3.63, 3.8) is 0 Å². The Hall–Kier alpha value is -0.0400. The molecule has 1 saturated carbocycles. The lowest BCUT2D eigenvalue weighted by atomic mass is 9.88. The first-order valence-electron chi connectivity index (χ1n) is 5.55. The Morgan fingerprint density at radius 2 is 1.92 bits per heavy atom. The zero-order valence-corrected chi connectivity index (χ0v) is 8.80. The van der Waals surface area contributed by atoms with Crippen molar-refractivity contribution < 1.29 is 4.74 Å². The molecule has 0 amide bonds. The smallest absolute Gasteiger partial charge is 0.0844 e. The molecular formula is C12H22O. The average Bonchev–Trinajstić information content (AvgIpc) is 2.95. The molecule has 1 aliphatic heterocycles. The summed E-state index contributed by atoms with van der Waals surface area (Å²) in [6, 6.07) is 0. The summed E-state index contributed by atoms with van der Waals surface area (Å²) < 4.78 is 5.38. The molecule has 2 radical (unpaired) electrons. The molecule has 1 nitrogen and oxygen atoms in total. The van der Waals surface area contributed by atoms with E-state index in [9.17, 15) is 0 Å². The van der Waals surface area contributed by atoms with E-state index in [-0.39, 0.29) is 0 Å². The zero-order chi connectivity index (χ0) is 9.68. The van der Waals surface area contributed by atoms with Crippen molar-refractivity contribution in [2.75, 3.05) is 0 Å². The molecule has 2 aliphatic rings. The monoisotopic (exact) mass is 182 g/mol. The standard InChI is InChI=1S/C8H13O.C4H9/c1-2-6-3-4-7-8(5-6)9-7;1-3-4-2/h6-8H,1-5H2;1,3-4H2,2H3. The van der Waals surface area contributed by atoms with Crippen LogP contribution in [0, 0.1) is 19.8 Å². The van der Waals surface area contributed by atoms with Gasteiger partial charge in [0.25, 0.3) is 0 Å². The van der Waals surface area contributed by atoms with E-state index in [0.29, 0.717) is 12.2 Å². The fourth-order valence-corrected chi connectivity index (χ4v) is 1.75. The molecule has 0 N–H and O–H groups in total. The van der Waals surface area contributed by atoms with Gasteiger partial charge in [0, 0.05) is 0 Å². The molecule has 0 bridgehead atoms. The van der Waals surface area contributed by atoms with Crippen molar-refractivity contribution >= 4 is 0 Å². The van der Waals surface area contributed by atoms with Gasteiger partial charge in [-0.2, -0.15) is 0 Å². The molecule has 1 heteroatoms. The second-order valence-electron chi connectivity index (χ2n) is 4.03. The Balaban J connectivity index is 0.000000184. The number of hydrogen-bond acceptors (Lipinski definition) is 1. The number of unbranched alkanes of at least 4 members (excludes halogenated alkanes) is 1. The van der Waals surface area contributed by atoms with Gasteiger partial charge in [0.2, 0.25) is 0 Å². The van der Waals surface area contributed by atoms with Crippen LogP contribution >= 0.6 is 0 Å². The molecule has 13 heavy (non-hydrogen) atoms. The second-order valence-corrected chi connectivity index (χ2v) is 4.03. The summed E-state index contributed by atoms with van der Waals surface area (Å²) in [5.74, 6) is 0.869. The van der Waals surface area contributed by atoms with E-state index < -0.39 is 0 Å². The predicted octanol–water partition coefficient (Wildman–Crippen LogP) is 3.40. The summed E-state index contributed by atoms with van der Waals surface area (Å²) in [5, 5.41) is 0. The fraction of sp³-hybridized carbons (Fsp3) is 0.833. The summed E-state index contributed by atoms with van der Waals surface area (Å²) in [7, 11) is 0. The molecule has 0 aromatic heterocycles. The highest BCUT2D eigenvalue weighted by Crippen LogP contribution is 2.40. The topological polar surface area (TPSA) is 12.5 Å². The van der Waals surface area contributed by atoms with Gasteiger partial charge in [-0.3, -0.25) is 0 Å². The van der Waals surface area contributed by atoms with E-state index >= 15 is 0 Å². The Kier molecular flexibility index (Phi) is 4.79. The van der Waals surface area contributed by atoms with Crippen LogP contribution < -0.4 is 0 Å². The van der Waals surface area contributed by atoms with E-state index in [2.05, 4.69) is 20.8 Å². The maximum absolute atomic E-state index is 5.38. The van der Waals surface area contributed by atoms with Gasteiger partial charge < -0.3 is 4.74 Å². The van der Waals surface area contributed by atoms with E-state index in [1.54, 1.807) is 0 Å². The third kappa shape index (κ3) is 3.68. The molecule has 2 rings (SSSR count). The van der Waals surface area contributed by atoms with Crippen molar-refractivity contribution in [2.45, 2.75) is 57.7 Å². The van der Waals surface area contributed by atoms with Gasteiger partial charge in [-0.15, -0.1) is 0 Å². The van der Waals surface area contributed by atoms with Gasteiger partial charge in [0.05, 0.1) is 12.2 Å². The molecule has 0 aromatic carbocycles. The highest BCUT2D eigenvalue weighted by molar-refractivity contribution is 4.91. The lowest BCUT2D eigenvalue weighted by molar-refractivity contribution is 0.362. The van der Waals surface area contributed by atoms with Crippen LogP contribution in [-0.4, -0.2) is 12.2 Å². The van der Waals surface area contributed by atoms with Crippen molar-refractivity contribution in [2.24, 2.45) is 5.92 Å². The maximum Gasteiger partial charge on any atom is 0.0844 e. The average molecular weight is 182 g/mol. The van der Waals surface area contributed by atoms with Crippen molar-refractivity contribution in [1.29, 1.82) is 0 Å². The van der Waals surface area contributed by atoms with E-state index in [1.165, 1.54) is 25.7 Å². The first kappa shape index (κ1) is 11.0. The van der Waals surface area contributed by atoms with E-state index in [1.807, 2.05) is 0 Å². The van der Waals surface area contributed by atoms with Crippen molar-refractivity contribution in [1.82, 2.24) is 0 Å². The van der Waals surface area contributed by atoms with Crippen LogP contribution in [0.1, 0.15) is 45.4 Å². The lowest BCUT2D eigenvalue weighted by Crippen LogP contribution is -2.12. The number of fused-ring (bicyclic) bond motifs is 1. The Morgan fingerprint density at radius 3 is 2.38 bits per heavy atom. The summed E-state index contributed by atoms with van der Waals surface area (Å²) in [6.45, 7) is 9.63. The molecule has 0 spiro atoms. The maximum atomic E-state index is 5.38. The second kappa shape index (κ2) is 5.64. The van der Waals surface area contributed by atoms with Crippen LogP contribution in [0.4, 0.5) is 0 Å². The fourth-order valence-electron chi connectivity index (χ4n) is 1.75. The molecule has 1 aliphatic carbocycles. The molecule has 1 saturated heterocycles. The van der Waals surface area contributed by atoms with Crippen LogP contribution in [0.15, 0.2) is 0 Å². The van der Waals surface area contributed by atoms with Crippen LogP contribution in [0.3, 0.4) is 0 Å². The Labute approximate surface area is 82.9 Å². The van der Waals surface area contributed by atoms with E-state index in [4.69, 9.17) is 4.74 Å². The van der Waals surface area contributed by atoms with Gasteiger partial charge in [-0.1, -0.05) is 40.0 Å². The minimum Gasteiger partial charge on any atom is -0.370 e. The largest absolute Gasteiger partial charge is 0.370 e. The van der Waals surface area contributed by atoms with Crippen LogP contribution in [0.25, 0.3) is 0 Å². The van der Waals surface area contributed by atoms with Crippen LogP contribution in [-0.2, 0) is 4.74 Å². The van der Waals surface area contributed by atoms with Gasteiger partial charge >= 0.3 is 0 Å². The Morgan fingerprint density at radius 1 is 1.23 bits per heavy atom. The molecule has 0 aromatic rings. The lowest BCUT2D eigenvalue weighted by Gasteiger charge is -2.15. The summed E-state index contributed by atoms with van der Waals surface area (Å²) >= 11 is 0. The van der Waals surface area contributed by atoms with Crippen molar-refractivity contribution in [3.8, 4) is 0 Å². The quantitative estimate of drug-likeness (QED) is 0.596. The van der Waals surface area contributed by atoms with Crippen LogP contribution in [0.5, 0.6) is 0 Å². The minimum atomic E-state index is 0.644. The van der Waals surface area contributed by atoms with Gasteiger partial charge in [-0.05, 0) is 25.2 Å². The van der Waals surface area contributed by atoms with Crippen molar-refractivity contribution in [3.05, 3.63) is 13.8 Å². The SMILES string of the molecule is [CH2]CC1CCC2OC2C1.[CH2]CCC. The zero-order valence-electron chi connectivity index (χ0n) is 8.80. The molecule has 1 heterocycles. The third-order valence-electron chi connectivity index (χ3n) is 2.87. The number of rotatable bonds is 2. The van der Waals surface area contributed by atoms with Crippen LogP contribution in [0.2, 0.25) is 0 Å². The predicted molar refractivity (Wildman–Crippen MR) is 56.2 cm³/mol. The Bertz CT molecular complexity index is 131. The number of epoxide rings is 1. The van der Waals surface area contributed by atoms with Gasteiger partial charge in [0.15, 0.2) is 0 Å². The highest BCUT2D eigenvalue weighted by Gasteiger charge is 2.43. The molecule has 3 unspecified atom stereocenters. The first-order chi connectivity index (χ1) is 6.31. The molecule has 3 atom stereocenters. The van der Waals surface area contributed by atoms with Gasteiger partial charge in [-0.25, -0.2) is 0 Å². The third-order valence-corrected chi connectivity index (χ3v) is 2.87. The van der Waals surface area contributed by atoms with Gasteiger partial charge in [0.1, 0.15) is 0 Å². The molecular weight excluding hydrogens is 160 g/mol. The van der Waals surface area contributed by atoms with E-state index in [0.717, 1.165) is 18.8 Å². The highest BCUT2D eigenvalue weighted by atomic mass is 16.6. The summed E-state index contributed by atoms with van der Waals surface area (Å²) in [4.78, 5) is 0. The number of hydrogen-bond donors (Lipinski definition) is 0. The minimum absolute atomic E-state index is 0.644. The molecule has 2 fully saturated rings. The summed E-state index contributed by atoms with van der Waals surface area (Å²) in [5.41, 5.74) is 0. The number of ether oxygens (including phenoxy) is 1. The summed E-state index contributed by atoms with van der Waals surface area (Å²) in [6.07, 6.45) is 8.62. The molecule has 76 valence electrons. The normalized spacial score (nSPS) is 35.8. The first-order valence-corrected chi connectivity index (χ1v) is 5.55.